The molecule has 0 spiro atoms. The van der Waals surface area contributed by atoms with Crippen LogP contribution in [0.5, 0.6) is 0 Å². The summed E-state index contributed by atoms with van der Waals surface area (Å²) in [6, 6.07) is 6.89. The van der Waals surface area contributed by atoms with E-state index in [1.165, 1.54) is 0 Å². The number of carbonyl (C=O) groups excluding carboxylic acids is 2. The second kappa shape index (κ2) is 2.19. The van der Waals surface area contributed by atoms with Crippen molar-refractivity contribution in [1.82, 2.24) is 0 Å². The average molecular weight is 202 g/mol. The molecule has 2 atom stereocenters. The molecule has 1 aromatic carbocycles. The molecule has 1 aliphatic carbocycles. The maximum Gasteiger partial charge on any atom is 0.198 e. The first-order chi connectivity index (χ1) is 7.01. The predicted octanol–water partition coefficient (Wildman–Crippen LogP) is 1.61. The second-order valence-corrected chi connectivity index (χ2v) is 4.37. The SMILES string of the molecule is CC12OC1(C)C(=O)c1ccccc1C2=O. The lowest BCUT2D eigenvalue weighted by molar-refractivity contribution is 0.0855. The molecular formula is C12H10O3. The Bertz CT molecular complexity index is 460. The van der Waals surface area contributed by atoms with E-state index in [4.69, 9.17) is 4.74 Å². The van der Waals surface area contributed by atoms with Crippen LogP contribution in [0.2, 0.25) is 0 Å². The Labute approximate surface area is 87.0 Å². The van der Waals surface area contributed by atoms with E-state index in [1.54, 1.807) is 38.1 Å². The number of rotatable bonds is 0. The van der Waals surface area contributed by atoms with Gasteiger partial charge in [0.15, 0.2) is 22.8 Å². The number of ether oxygens (including phenoxy) is 1. The number of benzene rings is 1. The van der Waals surface area contributed by atoms with E-state index in [9.17, 15) is 9.59 Å². The van der Waals surface area contributed by atoms with Crippen LogP contribution in [-0.4, -0.2) is 22.8 Å². The van der Waals surface area contributed by atoms with Gasteiger partial charge in [-0.3, -0.25) is 9.59 Å². The van der Waals surface area contributed by atoms with Crippen LogP contribution >= 0.6 is 0 Å². The fourth-order valence-electron chi connectivity index (χ4n) is 2.30. The van der Waals surface area contributed by atoms with Crippen molar-refractivity contribution in [3.63, 3.8) is 0 Å². The molecule has 1 heterocycles. The van der Waals surface area contributed by atoms with Gasteiger partial charge in [0.1, 0.15) is 0 Å². The summed E-state index contributed by atoms with van der Waals surface area (Å²) in [6.07, 6.45) is 0. The normalized spacial score (nSPS) is 37.2. The summed E-state index contributed by atoms with van der Waals surface area (Å²) in [7, 11) is 0. The lowest BCUT2D eigenvalue weighted by Gasteiger charge is -2.19. The highest BCUT2D eigenvalue weighted by atomic mass is 16.6. The zero-order valence-electron chi connectivity index (χ0n) is 8.53. The van der Waals surface area contributed by atoms with E-state index in [-0.39, 0.29) is 11.6 Å². The van der Waals surface area contributed by atoms with Crippen LogP contribution in [-0.2, 0) is 4.74 Å². The average Bonchev–Trinajstić information content (AvgIpc) is 2.82. The molecule has 2 aliphatic rings. The third-order valence-electron chi connectivity index (χ3n) is 3.56. The maximum atomic E-state index is 12.1. The maximum absolute atomic E-state index is 12.1. The first-order valence-corrected chi connectivity index (χ1v) is 4.89. The fraction of sp³-hybridized carbons (Fsp3) is 0.333. The van der Waals surface area contributed by atoms with Gasteiger partial charge in [-0.05, 0) is 13.8 Å². The molecule has 3 heteroatoms. The van der Waals surface area contributed by atoms with Crippen molar-refractivity contribution in [3.05, 3.63) is 35.4 Å². The smallest absolute Gasteiger partial charge is 0.198 e. The van der Waals surface area contributed by atoms with Gasteiger partial charge in [0.2, 0.25) is 0 Å². The third kappa shape index (κ3) is 0.766. The van der Waals surface area contributed by atoms with Crippen molar-refractivity contribution in [2.24, 2.45) is 0 Å². The van der Waals surface area contributed by atoms with Gasteiger partial charge >= 0.3 is 0 Å². The van der Waals surface area contributed by atoms with E-state index in [0.29, 0.717) is 11.1 Å². The number of fused-ring (bicyclic) bond motifs is 2. The highest BCUT2D eigenvalue weighted by molar-refractivity contribution is 6.24. The standard InChI is InChI=1S/C12H10O3/c1-11-9(13)7-5-3-4-6-8(7)10(14)12(11,2)15-11/h3-6H,1-2H3. The van der Waals surface area contributed by atoms with Crippen molar-refractivity contribution in [2.75, 3.05) is 0 Å². The van der Waals surface area contributed by atoms with E-state index < -0.39 is 11.2 Å². The number of ketones is 2. The largest absolute Gasteiger partial charge is 0.346 e. The van der Waals surface area contributed by atoms with Crippen LogP contribution in [0, 0.1) is 0 Å². The van der Waals surface area contributed by atoms with Crippen molar-refractivity contribution < 1.29 is 14.3 Å². The first kappa shape index (κ1) is 8.80. The van der Waals surface area contributed by atoms with Crippen molar-refractivity contribution >= 4 is 11.6 Å². The molecule has 15 heavy (non-hydrogen) atoms. The molecule has 0 aromatic heterocycles. The molecule has 1 fully saturated rings. The van der Waals surface area contributed by atoms with Crippen LogP contribution < -0.4 is 0 Å². The monoisotopic (exact) mass is 202 g/mol. The Hall–Kier alpha value is -1.48. The molecular weight excluding hydrogens is 192 g/mol. The van der Waals surface area contributed by atoms with Gasteiger partial charge < -0.3 is 4.74 Å². The van der Waals surface area contributed by atoms with Gasteiger partial charge in [-0.15, -0.1) is 0 Å². The first-order valence-electron chi connectivity index (χ1n) is 4.89. The van der Waals surface area contributed by atoms with Gasteiger partial charge in [-0.25, -0.2) is 0 Å². The van der Waals surface area contributed by atoms with Gasteiger partial charge in [0, 0.05) is 11.1 Å². The summed E-state index contributed by atoms with van der Waals surface area (Å²) in [5.41, 5.74) is -0.892. The minimum absolute atomic E-state index is 0.0831. The molecule has 76 valence electrons. The topological polar surface area (TPSA) is 46.7 Å². The molecule has 1 aliphatic heterocycles. The molecule has 3 rings (SSSR count). The van der Waals surface area contributed by atoms with E-state index in [1.807, 2.05) is 0 Å². The van der Waals surface area contributed by atoms with Crippen LogP contribution in [0.3, 0.4) is 0 Å². The number of hydrogen-bond acceptors (Lipinski definition) is 3. The number of carbonyl (C=O) groups is 2. The van der Waals surface area contributed by atoms with Gasteiger partial charge in [0.05, 0.1) is 0 Å². The van der Waals surface area contributed by atoms with Gasteiger partial charge in [0.25, 0.3) is 0 Å². The highest BCUT2D eigenvalue weighted by Crippen LogP contribution is 2.54. The van der Waals surface area contributed by atoms with Crippen molar-refractivity contribution in [1.29, 1.82) is 0 Å². The summed E-state index contributed by atoms with van der Waals surface area (Å²) >= 11 is 0. The Morgan fingerprint density at radius 1 is 0.933 bits per heavy atom. The summed E-state index contributed by atoms with van der Waals surface area (Å²) in [5, 5.41) is 0. The molecule has 0 amide bonds. The fourth-order valence-corrected chi connectivity index (χ4v) is 2.30. The van der Waals surface area contributed by atoms with Crippen LogP contribution in [0.1, 0.15) is 34.6 Å². The number of Topliss-reactive ketones (excluding diaryl/α,β-unsaturated/α-hetero) is 2. The summed E-state index contributed by atoms with van der Waals surface area (Å²) in [4.78, 5) is 24.1. The molecule has 0 N–H and O–H groups in total. The zero-order valence-corrected chi connectivity index (χ0v) is 8.53. The van der Waals surface area contributed by atoms with Gasteiger partial charge in [-0.1, -0.05) is 24.3 Å². The molecule has 0 saturated carbocycles. The summed E-state index contributed by atoms with van der Waals surface area (Å²) in [6.45, 7) is 3.37. The Kier molecular flexibility index (Phi) is 1.29. The lowest BCUT2D eigenvalue weighted by atomic mass is 9.76. The van der Waals surface area contributed by atoms with E-state index >= 15 is 0 Å². The lowest BCUT2D eigenvalue weighted by Crippen LogP contribution is -2.41. The molecule has 3 nitrogen and oxygen atoms in total. The van der Waals surface area contributed by atoms with Gasteiger partial charge in [-0.2, -0.15) is 0 Å². The summed E-state index contributed by atoms with van der Waals surface area (Å²) < 4.78 is 5.36. The number of hydrogen-bond donors (Lipinski definition) is 0. The minimum Gasteiger partial charge on any atom is -0.346 e. The van der Waals surface area contributed by atoms with Crippen molar-refractivity contribution in [3.8, 4) is 0 Å². The quantitative estimate of drug-likeness (QED) is 0.600. The molecule has 1 saturated heterocycles. The zero-order chi connectivity index (χ0) is 10.8. The Morgan fingerprint density at radius 3 is 1.73 bits per heavy atom. The van der Waals surface area contributed by atoms with Crippen LogP contribution in [0.25, 0.3) is 0 Å². The highest BCUT2D eigenvalue weighted by Gasteiger charge is 2.75. The second-order valence-electron chi connectivity index (χ2n) is 4.37. The molecule has 0 radical (unpaired) electrons. The van der Waals surface area contributed by atoms with E-state index in [0.717, 1.165) is 0 Å². The number of epoxide rings is 1. The Morgan fingerprint density at radius 2 is 1.33 bits per heavy atom. The predicted molar refractivity (Wildman–Crippen MR) is 53.0 cm³/mol. The summed E-state index contributed by atoms with van der Waals surface area (Å²) in [5.74, 6) is -0.166. The van der Waals surface area contributed by atoms with Crippen LogP contribution in [0.15, 0.2) is 24.3 Å². The molecule has 1 aromatic rings. The third-order valence-corrected chi connectivity index (χ3v) is 3.56. The molecule has 2 unspecified atom stereocenters. The van der Waals surface area contributed by atoms with Crippen LogP contribution in [0.4, 0.5) is 0 Å². The van der Waals surface area contributed by atoms with Crippen molar-refractivity contribution in [2.45, 2.75) is 25.0 Å². The Balaban J connectivity index is 2.30. The molecule has 0 bridgehead atoms. The minimum atomic E-state index is -0.932. The van der Waals surface area contributed by atoms with E-state index in [2.05, 4.69) is 0 Å².